The molecular formula is C15H24N2O2S. The second kappa shape index (κ2) is 9.53. The fourth-order valence-corrected chi connectivity index (χ4v) is 2.08. The topological polar surface area (TPSA) is 56.8 Å². The second-order valence-electron chi connectivity index (χ2n) is 4.33. The second-order valence-corrected chi connectivity index (χ2v) is 5.44. The van der Waals surface area contributed by atoms with E-state index in [0.29, 0.717) is 18.4 Å². The molecule has 0 saturated carbocycles. The maximum atomic E-state index is 5.82. The molecule has 4 nitrogen and oxygen atoms in total. The van der Waals surface area contributed by atoms with Crippen LogP contribution in [0, 0.1) is 0 Å². The lowest BCUT2D eigenvalue weighted by Gasteiger charge is -2.08. The summed E-state index contributed by atoms with van der Waals surface area (Å²) in [5.41, 5.74) is 5.82. The summed E-state index contributed by atoms with van der Waals surface area (Å²) in [6, 6.07) is 7.92. The largest absolute Gasteiger partial charge is 0.494 e. The molecule has 20 heavy (non-hydrogen) atoms. The minimum Gasteiger partial charge on any atom is -0.494 e. The number of rotatable bonds is 8. The SMILES string of the molecule is CCOc1ccc(OCCSC(N)=N[C@@H](C)CC)cc1. The van der Waals surface area contributed by atoms with Gasteiger partial charge in [-0.15, -0.1) is 0 Å². The summed E-state index contributed by atoms with van der Waals surface area (Å²) in [5, 5.41) is 0.634. The Kier molecular flexibility index (Phi) is 7.95. The Hall–Kier alpha value is -1.36. The van der Waals surface area contributed by atoms with Gasteiger partial charge in [-0.2, -0.15) is 0 Å². The summed E-state index contributed by atoms with van der Waals surface area (Å²) < 4.78 is 11.0. The van der Waals surface area contributed by atoms with E-state index in [1.807, 2.05) is 31.2 Å². The molecule has 1 aromatic carbocycles. The van der Waals surface area contributed by atoms with Gasteiger partial charge < -0.3 is 15.2 Å². The van der Waals surface area contributed by atoms with Gasteiger partial charge in [0, 0.05) is 11.8 Å². The van der Waals surface area contributed by atoms with Crippen LogP contribution in [0.25, 0.3) is 0 Å². The highest BCUT2D eigenvalue weighted by Crippen LogP contribution is 2.17. The molecule has 0 amide bonds. The Morgan fingerprint density at radius 1 is 1.20 bits per heavy atom. The Morgan fingerprint density at radius 3 is 2.35 bits per heavy atom. The Morgan fingerprint density at radius 2 is 1.80 bits per heavy atom. The van der Waals surface area contributed by atoms with Gasteiger partial charge in [0.05, 0.1) is 13.2 Å². The number of ether oxygens (including phenoxy) is 2. The van der Waals surface area contributed by atoms with Crippen LogP contribution in [0.1, 0.15) is 27.2 Å². The number of nitrogens with zero attached hydrogens (tertiary/aromatic N) is 1. The average molecular weight is 296 g/mol. The number of aliphatic imine (C=N–C) groups is 1. The molecule has 0 saturated heterocycles. The van der Waals surface area contributed by atoms with Gasteiger partial charge in [-0.1, -0.05) is 18.7 Å². The van der Waals surface area contributed by atoms with Gasteiger partial charge in [0.1, 0.15) is 11.5 Å². The molecule has 0 unspecified atom stereocenters. The fourth-order valence-electron chi connectivity index (χ4n) is 1.45. The number of hydrogen-bond acceptors (Lipinski definition) is 4. The first-order valence-corrected chi connectivity index (χ1v) is 7.96. The van der Waals surface area contributed by atoms with Crippen molar-refractivity contribution >= 4 is 16.9 Å². The van der Waals surface area contributed by atoms with Crippen LogP contribution < -0.4 is 15.2 Å². The maximum absolute atomic E-state index is 5.82. The van der Waals surface area contributed by atoms with E-state index in [9.17, 15) is 0 Å². The zero-order valence-corrected chi connectivity index (χ0v) is 13.3. The minimum absolute atomic E-state index is 0.287. The van der Waals surface area contributed by atoms with Crippen LogP contribution >= 0.6 is 11.8 Å². The number of nitrogens with two attached hydrogens (primary N) is 1. The highest BCUT2D eigenvalue weighted by molar-refractivity contribution is 8.13. The molecule has 1 atom stereocenters. The van der Waals surface area contributed by atoms with Gasteiger partial charge in [-0.3, -0.25) is 4.99 Å². The highest BCUT2D eigenvalue weighted by Gasteiger charge is 2.00. The van der Waals surface area contributed by atoms with Crippen molar-refractivity contribution in [3.63, 3.8) is 0 Å². The Labute approximate surface area is 125 Å². The molecule has 5 heteroatoms. The zero-order chi connectivity index (χ0) is 14.8. The van der Waals surface area contributed by atoms with Crippen LogP contribution in [0.3, 0.4) is 0 Å². The molecule has 0 aliphatic heterocycles. The third kappa shape index (κ3) is 6.70. The van der Waals surface area contributed by atoms with E-state index in [1.165, 1.54) is 11.8 Å². The molecule has 0 heterocycles. The molecular weight excluding hydrogens is 272 g/mol. The van der Waals surface area contributed by atoms with E-state index in [2.05, 4.69) is 18.8 Å². The normalized spacial score (nSPS) is 13.1. The van der Waals surface area contributed by atoms with E-state index < -0.39 is 0 Å². The van der Waals surface area contributed by atoms with Gasteiger partial charge in [-0.25, -0.2) is 0 Å². The number of hydrogen-bond donors (Lipinski definition) is 1. The lowest BCUT2D eigenvalue weighted by molar-refractivity contribution is 0.332. The predicted octanol–water partition coefficient (Wildman–Crippen LogP) is 3.31. The van der Waals surface area contributed by atoms with Crippen molar-refractivity contribution < 1.29 is 9.47 Å². The molecule has 0 aliphatic rings. The van der Waals surface area contributed by atoms with Crippen molar-refractivity contribution in [3.8, 4) is 11.5 Å². The maximum Gasteiger partial charge on any atom is 0.154 e. The monoisotopic (exact) mass is 296 g/mol. The van der Waals surface area contributed by atoms with E-state index in [0.717, 1.165) is 23.7 Å². The van der Waals surface area contributed by atoms with Crippen molar-refractivity contribution in [2.45, 2.75) is 33.2 Å². The Bertz CT molecular complexity index is 407. The third-order valence-electron chi connectivity index (χ3n) is 2.68. The first-order chi connectivity index (χ1) is 9.65. The molecule has 1 rings (SSSR count). The smallest absolute Gasteiger partial charge is 0.154 e. The molecule has 0 bridgehead atoms. The quantitative estimate of drug-likeness (QED) is 0.454. The van der Waals surface area contributed by atoms with Gasteiger partial charge in [-0.05, 0) is 44.5 Å². The van der Waals surface area contributed by atoms with Crippen molar-refractivity contribution in [3.05, 3.63) is 24.3 Å². The number of benzene rings is 1. The van der Waals surface area contributed by atoms with Crippen LogP contribution in [0.15, 0.2) is 29.3 Å². The first-order valence-electron chi connectivity index (χ1n) is 6.97. The van der Waals surface area contributed by atoms with E-state index in [-0.39, 0.29) is 6.04 Å². The van der Waals surface area contributed by atoms with E-state index in [4.69, 9.17) is 15.2 Å². The summed E-state index contributed by atoms with van der Waals surface area (Å²) in [5.74, 6) is 2.49. The van der Waals surface area contributed by atoms with Crippen LogP contribution in [0.2, 0.25) is 0 Å². The van der Waals surface area contributed by atoms with Gasteiger partial charge in [0.2, 0.25) is 0 Å². The lowest BCUT2D eigenvalue weighted by atomic mass is 10.3. The number of thioether (sulfide) groups is 1. The fraction of sp³-hybridized carbons (Fsp3) is 0.533. The lowest BCUT2D eigenvalue weighted by Crippen LogP contribution is -2.13. The summed E-state index contributed by atoms with van der Waals surface area (Å²) in [6.45, 7) is 7.40. The van der Waals surface area contributed by atoms with Crippen molar-refractivity contribution in [2.75, 3.05) is 19.0 Å². The molecule has 0 spiro atoms. The predicted molar refractivity (Wildman–Crippen MR) is 86.9 cm³/mol. The van der Waals surface area contributed by atoms with Gasteiger partial charge in [0.15, 0.2) is 5.17 Å². The third-order valence-corrected chi connectivity index (χ3v) is 3.45. The van der Waals surface area contributed by atoms with Crippen LogP contribution in [-0.2, 0) is 0 Å². The zero-order valence-electron chi connectivity index (χ0n) is 12.5. The standard InChI is InChI=1S/C15H24N2O2S/c1-4-12(3)17-15(16)20-11-10-19-14-8-6-13(7-9-14)18-5-2/h6-9,12H,4-5,10-11H2,1-3H3,(H2,16,17)/t12-/m0/s1. The summed E-state index contributed by atoms with van der Waals surface area (Å²) in [6.07, 6.45) is 1.00. The van der Waals surface area contributed by atoms with Crippen LogP contribution in [0.4, 0.5) is 0 Å². The van der Waals surface area contributed by atoms with E-state index in [1.54, 1.807) is 0 Å². The molecule has 0 radical (unpaired) electrons. The molecule has 112 valence electrons. The minimum atomic E-state index is 0.287. The van der Waals surface area contributed by atoms with Crippen LogP contribution in [0.5, 0.6) is 11.5 Å². The number of amidine groups is 1. The van der Waals surface area contributed by atoms with Gasteiger partial charge >= 0.3 is 0 Å². The Balaban J connectivity index is 2.25. The first kappa shape index (κ1) is 16.7. The molecule has 2 N–H and O–H groups in total. The average Bonchev–Trinajstić information content (AvgIpc) is 2.45. The van der Waals surface area contributed by atoms with Crippen molar-refractivity contribution in [2.24, 2.45) is 10.7 Å². The molecule has 0 aromatic heterocycles. The van der Waals surface area contributed by atoms with Crippen molar-refractivity contribution in [1.29, 1.82) is 0 Å². The summed E-state index contributed by atoms with van der Waals surface area (Å²) >= 11 is 1.53. The van der Waals surface area contributed by atoms with Crippen LogP contribution in [-0.4, -0.2) is 30.2 Å². The van der Waals surface area contributed by atoms with Crippen molar-refractivity contribution in [1.82, 2.24) is 0 Å². The highest BCUT2D eigenvalue weighted by atomic mass is 32.2. The summed E-state index contributed by atoms with van der Waals surface area (Å²) in [7, 11) is 0. The molecule has 1 aromatic rings. The van der Waals surface area contributed by atoms with Gasteiger partial charge in [0.25, 0.3) is 0 Å². The molecule has 0 aliphatic carbocycles. The molecule has 0 fully saturated rings. The van der Waals surface area contributed by atoms with E-state index >= 15 is 0 Å². The summed E-state index contributed by atoms with van der Waals surface area (Å²) in [4.78, 5) is 4.36.